The van der Waals surface area contributed by atoms with Gasteiger partial charge in [0, 0.05) is 18.3 Å². The van der Waals surface area contributed by atoms with Crippen LogP contribution in [0, 0.1) is 52.3 Å². The normalized spacial score (nSPS) is 60.0. The number of aliphatic hydroxyl groups excluding tert-OH is 1. The lowest BCUT2D eigenvalue weighted by Crippen LogP contribution is -2.54. The predicted octanol–water partition coefficient (Wildman–Crippen LogP) is 5.80. The zero-order valence-electron chi connectivity index (χ0n) is 19.6. The molecule has 0 aromatic heterocycles. The summed E-state index contributed by atoms with van der Waals surface area (Å²) < 4.78 is 13.3. The van der Waals surface area contributed by atoms with Crippen molar-refractivity contribution in [3.63, 3.8) is 0 Å². The van der Waals surface area contributed by atoms with Gasteiger partial charge in [0.25, 0.3) is 0 Å². The number of aliphatic hydroxyl groups is 1. The van der Waals surface area contributed by atoms with Crippen molar-refractivity contribution < 1.29 is 14.6 Å². The maximum Gasteiger partial charge on any atom is 0.174 e. The van der Waals surface area contributed by atoms with Crippen molar-refractivity contribution in [2.45, 2.75) is 103 Å². The highest BCUT2D eigenvalue weighted by molar-refractivity contribution is 5.15. The lowest BCUT2D eigenvalue weighted by molar-refractivity contribution is -0.278. The molecule has 2 heterocycles. The molecule has 30 heavy (non-hydrogen) atoms. The van der Waals surface area contributed by atoms with Gasteiger partial charge in [-0.1, -0.05) is 33.6 Å². The molecular weight excluding hydrogens is 372 g/mol. The molecule has 6 rings (SSSR count). The van der Waals surface area contributed by atoms with Crippen LogP contribution in [0.1, 0.15) is 91.4 Å². The minimum absolute atomic E-state index is 0.170. The van der Waals surface area contributed by atoms with Crippen LogP contribution in [-0.4, -0.2) is 30.2 Å². The Bertz CT molecular complexity index is 669. The largest absolute Gasteiger partial charge is 0.396 e. The van der Waals surface area contributed by atoms with Gasteiger partial charge in [0.05, 0.1) is 19.3 Å². The first-order valence-corrected chi connectivity index (χ1v) is 13.3. The van der Waals surface area contributed by atoms with Gasteiger partial charge in [-0.25, -0.2) is 0 Å². The second-order valence-corrected chi connectivity index (χ2v) is 12.9. The Balaban J connectivity index is 1.29. The van der Waals surface area contributed by atoms with Crippen LogP contribution in [0.3, 0.4) is 0 Å². The van der Waals surface area contributed by atoms with Crippen LogP contribution >= 0.6 is 0 Å². The molecule has 4 aliphatic carbocycles. The molecule has 0 aromatic rings. The summed E-state index contributed by atoms with van der Waals surface area (Å²) in [5.41, 5.74) is 0.925. The second-order valence-electron chi connectivity index (χ2n) is 12.9. The molecule has 4 saturated carbocycles. The van der Waals surface area contributed by atoms with Crippen LogP contribution in [0.15, 0.2) is 0 Å². The highest BCUT2D eigenvalue weighted by atomic mass is 16.7. The van der Waals surface area contributed by atoms with E-state index in [-0.39, 0.29) is 12.5 Å². The van der Waals surface area contributed by atoms with Crippen molar-refractivity contribution in [2.24, 2.45) is 52.3 Å². The topological polar surface area (TPSA) is 38.7 Å². The zero-order valence-corrected chi connectivity index (χ0v) is 19.6. The van der Waals surface area contributed by atoms with Crippen molar-refractivity contribution in [1.82, 2.24) is 0 Å². The number of hydrogen-bond donors (Lipinski definition) is 1. The van der Waals surface area contributed by atoms with Gasteiger partial charge in [-0.3, -0.25) is 0 Å². The van der Waals surface area contributed by atoms with Gasteiger partial charge < -0.3 is 14.6 Å². The van der Waals surface area contributed by atoms with Crippen molar-refractivity contribution in [1.29, 1.82) is 0 Å². The third-order valence-corrected chi connectivity index (χ3v) is 11.8. The molecule has 0 amide bonds. The minimum Gasteiger partial charge on any atom is -0.396 e. The van der Waals surface area contributed by atoms with Crippen LogP contribution in [0.5, 0.6) is 0 Å². The van der Waals surface area contributed by atoms with Crippen molar-refractivity contribution in [3.05, 3.63) is 0 Å². The van der Waals surface area contributed by atoms with E-state index in [1.807, 2.05) is 0 Å². The summed E-state index contributed by atoms with van der Waals surface area (Å²) in [5.74, 6) is 4.38. The van der Waals surface area contributed by atoms with Crippen molar-refractivity contribution in [2.75, 3.05) is 13.2 Å². The lowest BCUT2D eigenvalue weighted by Gasteiger charge is -2.61. The van der Waals surface area contributed by atoms with Crippen molar-refractivity contribution in [3.8, 4) is 0 Å². The van der Waals surface area contributed by atoms with E-state index in [0.717, 1.165) is 36.7 Å². The summed E-state index contributed by atoms with van der Waals surface area (Å²) in [6.07, 6.45) is 15.2. The van der Waals surface area contributed by atoms with E-state index in [9.17, 15) is 5.11 Å². The molecule has 0 radical (unpaired) electrons. The maximum absolute atomic E-state index is 10.6. The van der Waals surface area contributed by atoms with E-state index in [0.29, 0.717) is 28.8 Å². The monoisotopic (exact) mass is 416 g/mol. The van der Waals surface area contributed by atoms with E-state index < -0.39 is 5.79 Å². The van der Waals surface area contributed by atoms with Crippen LogP contribution in [-0.2, 0) is 9.47 Å². The number of ether oxygens (including phenoxy) is 2. The Kier molecular flexibility index (Phi) is 4.74. The molecule has 1 spiro atoms. The number of hydrogen-bond acceptors (Lipinski definition) is 3. The predicted molar refractivity (Wildman–Crippen MR) is 118 cm³/mol. The zero-order chi connectivity index (χ0) is 20.7. The first kappa shape index (κ1) is 20.5. The highest BCUT2D eigenvalue weighted by Gasteiger charge is 2.69. The molecule has 1 N–H and O–H groups in total. The Morgan fingerprint density at radius 2 is 1.77 bits per heavy atom. The first-order chi connectivity index (χ1) is 14.4. The number of rotatable bonds is 1. The van der Waals surface area contributed by atoms with E-state index in [1.165, 1.54) is 64.2 Å². The van der Waals surface area contributed by atoms with Gasteiger partial charge in [-0.15, -0.1) is 0 Å². The third-order valence-electron chi connectivity index (χ3n) is 11.8. The van der Waals surface area contributed by atoms with Crippen molar-refractivity contribution >= 4 is 0 Å². The molecule has 11 atom stereocenters. The fourth-order valence-corrected chi connectivity index (χ4v) is 10.3. The SMILES string of the molecule is CC1CC[C@@]2(OC1)O[C@H]1C[C@H]3[C@@H]4CC[C@H]5CCCC[C@]5(C)[C@H]4CC[C@]3(C)[C@H]1[C@@H]2CO. The molecule has 170 valence electrons. The highest BCUT2D eigenvalue weighted by Crippen LogP contribution is 2.71. The minimum atomic E-state index is -0.492. The molecule has 2 aliphatic heterocycles. The van der Waals surface area contributed by atoms with Gasteiger partial charge in [-0.05, 0) is 91.8 Å². The van der Waals surface area contributed by atoms with Gasteiger partial charge in [0.1, 0.15) is 0 Å². The Morgan fingerprint density at radius 3 is 2.53 bits per heavy atom. The quantitative estimate of drug-likeness (QED) is 0.587. The summed E-state index contributed by atoms with van der Waals surface area (Å²) in [6.45, 7) is 8.55. The fourth-order valence-electron chi connectivity index (χ4n) is 10.3. The molecule has 3 nitrogen and oxygen atoms in total. The Labute approximate surface area is 183 Å². The maximum atomic E-state index is 10.6. The van der Waals surface area contributed by atoms with Crippen LogP contribution in [0.25, 0.3) is 0 Å². The van der Waals surface area contributed by atoms with Crippen LogP contribution in [0.2, 0.25) is 0 Å². The summed E-state index contributed by atoms with van der Waals surface area (Å²) in [5, 5.41) is 10.6. The molecule has 6 fully saturated rings. The third kappa shape index (κ3) is 2.61. The molecule has 0 bridgehead atoms. The summed E-state index contributed by atoms with van der Waals surface area (Å²) in [6, 6.07) is 0. The second kappa shape index (κ2) is 6.94. The number of fused-ring (bicyclic) bond motifs is 7. The summed E-state index contributed by atoms with van der Waals surface area (Å²) in [4.78, 5) is 0. The fraction of sp³-hybridized carbons (Fsp3) is 1.00. The van der Waals surface area contributed by atoms with Gasteiger partial charge in [0.2, 0.25) is 0 Å². The Hall–Kier alpha value is -0.120. The van der Waals surface area contributed by atoms with Gasteiger partial charge >= 0.3 is 0 Å². The van der Waals surface area contributed by atoms with Crippen LogP contribution < -0.4 is 0 Å². The molecular formula is C27H44O3. The summed E-state index contributed by atoms with van der Waals surface area (Å²) >= 11 is 0. The van der Waals surface area contributed by atoms with E-state index in [4.69, 9.17) is 9.47 Å². The molecule has 2 saturated heterocycles. The average Bonchev–Trinajstić information content (AvgIpc) is 3.20. The van der Waals surface area contributed by atoms with Crippen LogP contribution in [0.4, 0.5) is 0 Å². The van der Waals surface area contributed by atoms with Gasteiger partial charge in [0.15, 0.2) is 5.79 Å². The smallest absolute Gasteiger partial charge is 0.174 e. The average molecular weight is 417 g/mol. The molecule has 6 aliphatic rings. The van der Waals surface area contributed by atoms with Gasteiger partial charge in [-0.2, -0.15) is 0 Å². The first-order valence-electron chi connectivity index (χ1n) is 13.3. The van der Waals surface area contributed by atoms with E-state index in [2.05, 4.69) is 20.8 Å². The lowest BCUT2D eigenvalue weighted by atomic mass is 9.44. The molecule has 0 aromatic carbocycles. The molecule has 1 unspecified atom stereocenters. The standard InChI is InChI=1S/C27H44O3/c1-17-9-13-27(29-16-17)22(15-28)24-23(30-27)14-21-19-8-7-18-6-4-5-11-25(18,2)20(19)10-12-26(21,24)3/h17-24,28H,4-16H2,1-3H3/t17?,18-,19-,20+,21+,22+,23+,24+,25+,26+,27-/m1/s1. The Morgan fingerprint density at radius 1 is 0.900 bits per heavy atom. The summed E-state index contributed by atoms with van der Waals surface area (Å²) in [7, 11) is 0. The van der Waals surface area contributed by atoms with E-state index in [1.54, 1.807) is 0 Å². The molecule has 3 heteroatoms. The van der Waals surface area contributed by atoms with E-state index >= 15 is 0 Å².